The Morgan fingerprint density at radius 1 is 1.17 bits per heavy atom. The normalized spacial score (nSPS) is 11.2. The fourth-order valence-electron chi connectivity index (χ4n) is 1.96. The summed E-state index contributed by atoms with van der Waals surface area (Å²) in [6.45, 7) is 0. The van der Waals surface area contributed by atoms with Crippen molar-refractivity contribution in [2.45, 2.75) is 10.9 Å². The van der Waals surface area contributed by atoms with Gasteiger partial charge in [0, 0.05) is 12.4 Å². The Bertz CT molecular complexity index is 935. The van der Waals surface area contributed by atoms with Gasteiger partial charge in [0.05, 0.1) is 11.3 Å². The third-order valence-electron chi connectivity index (χ3n) is 2.99. The summed E-state index contributed by atoms with van der Waals surface area (Å²) in [5.41, 5.74) is 0.284. The van der Waals surface area contributed by atoms with Gasteiger partial charge in [-0.15, -0.1) is 15.3 Å². The highest BCUT2D eigenvalue weighted by Crippen LogP contribution is 2.24. The predicted octanol–water partition coefficient (Wildman–Crippen LogP) is 2.61. The van der Waals surface area contributed by atoms with Crippen LogP contribution in [0.4, 0.5) is 4.39 Å². The van der Waals surface area contributed by atoms with Gasteiger partial charge in [-0.1, -0.05) is 23.9 Å². The first-order valence-electron chi connectivity index (χ1n) is 6.67. The molecular formula is C14H9FN6OS. The van der Waals surface area contributed by atoms with Crippen LogP contribution in [0.2, 0.25) is 0 Å². The van der Waals surface area contributed by atoms with E-state index in [0.717, 1.165) is 0 Å². The summed E-state index contributed by atoms with van der Waals surface area (Å²) in [5, 5.41) is 12.6. The van der Waals surface area contributed by atoms with Crippen molar-refractivity contribution >= 4 is 17.5 Å². The van der Waals surface area contributed by atoms with Crippen LogP contribution in [0.1, 0.15) is 5.89 Å². The van der Waals surface area contributed by atoms with E-state index in [4.69, 9.17) is 4.42 Å². The van der Waals surface area contributed by atoms with Crippen LogP contribution in [0.3, 0.4) is 0 Å². The zero-order valence-electron chi connectivity index (χ0n) is 11.6. The summed E-state index contributed by atoms with van der Waals surface area (Å²) < 4.78 is 20.8. The van der Waals surface area contributed by atoms with Gasteiger partial charge >= 0.3 is 0 Å². The molecule has 114 valence electrons. The number of nitrogens with zero attached hydrogens (tertiary/aromatic N) is 6. The van der Waals surface area contributed by atoms with Crippen molar-refractivity contribution in [1.29, 1.82) is 0 Å². The maximum Gasteiger partial charge on any atom is 0.253 e. The summed E-state index contributed by atoms with van der Waals surface area (Å²) in [4.78, 5) is 8.35. The summed E-state index contributed by atoms with van der Waals surface area (Å²) in [6, 6.07) is 8.03. The summed E-state index contributed by atoms with van der Waals surface area (Å²) in [6.07, 6.45) is 3.42. The van der Waals surface area contributed by atoms with E-state index < -0.39 is 5.82 Å². The van der Waals surface area contributed by atoms with Gasteiger partial charge in [0.1, 0.15) is 5.82 Å². The minimum Gasteiger partial charge on any atom is -0.420 e. The van der Waals surface area contributed by atoms with Gasteiger partial charge in [-0.3, -0.25) is 0 Å². The Morgan fingerprint density at radius 2 is 2.09 bits per heavy atom. The molecule has 0 unspecified atom stereocenters. The molecule has 0 saturated carbocycles. The third kappa shape index (κ3) is 2.78. The number of benzene rings is 1. The molecule has 4 rings (SSSR count). The quantitative estimate of drug-likeness (QED) is 0.533. The Labute approximate surface area is 133 Å². The van der Waals surface area contributed by atoms with Crippen molar-refractivity contribution in [2.24, 2.45) is 0 Å². The maximum atomic E-state index is 13.7. The van der Waals surface area contributed by atoms with Gasteiger partial charge in [-0.05, 0) is 18.2 Å². The Morgan fingerprint density at radius 3 is 2.96 bits per heavy atom. The SMILES string of the molecule is Fc1ccccc1-c1nnc(CSc2nc3ncccn3n2)o1. The highest BCUT2D eigenvalue weighted by atomic mass is 32.2. The molecule has 0 fully saturated rings. The molecule has 0 aliphatic carbocycles. The summed E-state index contributed by atoms with van der Waals surface area (Å²) in [7, 11) is 0. The van der Waals surface area contributed by atoms with Crippen LogP contribution in [0.15, 0.2) is 52.3 Å². The molecule has 23 heavy (non-hydrogen) atoms. The molecule has 0 aliphatic heterocycles. The van der Waals surface area contributed by atoms with E-state index in [1.165, 1.54) is 17.8 Å². The first kappa shape index (κ1) is 13.8. The molecule has 0 saturated heterocycles. The van der Waals surface area contributed by atoms with Crippen LogP contribution in [-0.2, 0) is 5.75 Å². The van der Waals surface area contributed by atoms with Crippen LogP contribution < -0.4 is 0 Å². The Balaban J connectivity index is 1.51. The smallest absolute Gasteiger partial charge is 0.253 e. The first-order valence-corrected chi connectivity index (χ1v) is 7.65. The van der Waals surface area contributed by atoms with Crippen molar-refractivity contribution in [2.75, 3.05) is 0 Å². The topological polar surface area (TPSA) is 82.0 Å². The van der Waals surface area contributed by atoms with E-state index in [1.807, 2.05) is 0 Å². The van der Waals surface area contributed by atoms with E-state index in [-0.39, 0.29) is 11.5 Å². The minimum atomic E-state index is -0.400. The fourth-order valence-corrected chi connectivity index (χ4v) is 2.62. The monoisotopic (exact) mass is 328 g/mol. The highest BCUT2D eigenvalue weighted by Gasteiger charge is 2.13. The van der Waals surface area contributed by atoms with E-state index in [1.54, 1.807) is 41.2 Å². The molecule has 7 nitrogen and oxygen atoms in total. The number of halogens is 1. The molecule has 0 aliphatic rings. The summed E-state index contributed by atoms with van der Waals surface area (Å²) >= 11 is 1.34. The predicted molar refractivity (Wildman–Crippen MR) is 80.0 cm³/mol. The average Bonchev–Trinajstić information content (AvgIpc) is 3.19. The Hall–Kier alpha value is -2.81. The van der Waals surface area contributed by atoms with Crippen molar-refractivity contribution in [3.8, 4) is 11.5 Å². The Kier molecular flexibility index (Phi) is 3.46. The molecule has 1 aromatic carbocycles. The lowest BCUT2D eigenvalue weighted by Gasteiger charge is -1.95. The highest BCUT2D eigenvalue weighted by molar-refractivity contribution is 7.98. The molecule has 0 amide bonds. The van der Waals surface area contributed by atoms with Crippen molar-refractivity contribution in [1.82, 2.24) is 29.8 Å². The molecule has 3 heterocycles. The maximum absolute atomic E-state index is 13.7. The van der Waals surface area contributed by atoms with Crippen LogP contribution in [-0.4, -0.2) is 29.8 Å². The van der Waals surface area contributed by atoms with Crippen molar-refractivity contribution in [3.63, 3.8) is 0 Å². The lowest BCUT2D eigenvalue weighted by Crippen LogP contribution is -1.87. The molecule has 3 aromatic heterocycles. The number of fused-ring (bicyclic) bond motifs is 1. The van der Waals surface area contributed by atoms with E-state index in [0.29, 0.717) is 22.6 Å². The third-order valence-corrected chi connectivity index (χ3v) is 3.82. The van der Waals surface area contributed by atoms with Gasteiger partial charge < -0.3 is 4.42 Å². The second-order valence-electron chi connectivity index (χ2n) is 4.53. The molecular weight excluding hydrogens is 319 g/mol. The number of rotatable bonds is 4. The molecule has 9 heteroatoms. The van der Waals surface area contributed by atoms with E-state index in [9.17, 15) is 4.39 Å². The van der Waals surface area contributed by atoms with Crippen LogP contribution in [0.25, 0.3) is 17.2 Å². The number of aromatic nitrogens is 6. The molecule has 4 aromatic rings. The molecule has 0 bridgehead atoms. The van der Waals surface area contributed by atoms with Gasteiger partial charge in [0.2, 0.25) is 11.0 Å². The van der Waals surface area contributed by atoms with Gasteiger partial charge in [0.15, 0.2) is 0 Å². The second kappa shape index (κ2) is 5.76. The molecule has 0 atom stereocenters. The largest absolute Gasteiger partial charge is 0.420 e. The number of hydrogen-bond acceptors (Lipinski definition) is 7. The molecule has 0 spiro atoms. The van der Waals surface area contributed by atoms with E-state index >= 15 is 0 Å². The molecule has 0 N–H and O–H groups in total. The lowest BCUT2D eigenvalue weighted by molar-refractivity contribution is 0.522. The lowest BCUT2D eigenvalue weighted by atomic mass is 10.2. The number of hydrogen-bond donors (Lipinski definition) is 0. The van der Waals surface area contributed by atoms with Gasteiger partial charge in [-0.25, -0.2) is 13.9 Å². The van der Waals surface area contributed by atoms with Crippen LogP contribution in [0.5, 0.6) is 0 Å². The zero-order chi connectivity index (χ0) is 15.6. The second-order valence-corrected chi connectivity index (χ2v) is 5.47. The van der Waals surface area contributed by atoms with E-state index in [2.05, 4.69) is 25.3 Å². The average molecular weight is 328 g/mol. The number of thioether (sulfide) groups is 1. The minimum absolute atomic E-state index is 0.156. The van der Waals surface area contributed by atoms with Crippen molar-refractivity contribution < 1.29 is 8.81 Å². The van der Waals surface area contributed by atoms with Crippen LogP contribution in [0, 0.1) is 5.82 Å². The van der Waals surface area contributed by atoms with Crippen molar-refractivity contribution in [3.05, 3.63) is 54.4 Å². The standard InChI is InChI=1S/C14H9FN6OS/c15-10-5-2-1-4-9(10)12-19-18-11(22-12)8-23-14-17-13-16-6-3-7-21(13)20-14/h1-7H,8H2. The zero-order valence-corrected chi connectivity index (χ0v) is 12.4. The first-order chi connectivity index (χ1) is 11.3. The summed E-state index contributed by atoms with van der Waals surface area (Å²) in [5.74, 6) is 1.04. The van der Waals surface area contributed by atoms with Gasteiger partial charge in [0.25, 0.3) is 11.7 Å². The van der Waals surface area contributed by atoms with Crippen LogP contribution >= 0.6 is 11.8 Å². The molecule has 0 radical (unpaired) electrons. The fraction of sp³-hybridized carbons (Fsp3) is 0.0714. The van der Waals surface area contributed by atoms with Gasteiger partial charge in [-0.2, -0.15) is 4.98 Å².